The van der Waals surface area contributed by atoms with E-state index >= 15 is 0 Å². The molecule has 0 saturated heterocycles. The van der Waals surface area contributed by atoms with Crippen molar-refractivity contribution in [1.82, 2.24) is 4.98 Å². The first-order valence-corrected chi connectivity index (χ1v) is 10.5. The van der Waals surface area contributed by atoms with E-state index in [1.54, 1.807) is 13.3 Å². The number of aliphatic imine (C=N–C) groups is 1. The zero-order chi connectivity index (χ0) is 21.1. The highest BCUT2D eigenvalue weighted by molar-refractivity contribution is 6.41. The zero-order valence-corrected chi connectivity index (χ0v) is 17.5. The summed E-state index contributed by atoms with van der Waals surface area (Å²) in [7, 11) is 15.1. The maximum Gasteiger partial charge on any atom is 0.281 e. The molecule has 1 saturated carbocycles. The van der Waals surface area contributed by atoms with Crippen LogP contribution in [0, 0.1) is 11.3 Å². The Labute approximate surface area is 180 Å². The minimum Gasteiger partial charge on any atom is -0.476 e. The molecule has 150 valence electrons. The minimum atomic E-state index is -1.52. The molecule has 2 aliphatic carbocycles. The Hall–Kier alpha value is -2.27. The lowest BCUT2D eigenvalue weighted by atomic mass is 9.44. The maximum atomic E-state index is 6.65. The van der Waals surface area contributed by atoms with Crippen LogP contribution in [0.4, 0.5) is 0 Å². The van der Waals surface area contributed by atoms with E-state index in [9.17, 15) is 0 Å². The van der Waals surface area contributed by atoms with Crippen LogP contribution in [0.2, 0.25) is 0 Å². The molecule has 4 radical (unpaired) electrons. The maximum absolute atomic E-state index is 6.65. The number of nitrogens with zero attached hydrogens (tertiary/aromatic N) is 2. The van der Waals surface area contributed by atoms with Gasteiger partial charge in [0.05, 0.1) is 11.5 Å². The Morgan fingerprint density at radius 2 is 2.07 bits per heavy atom. The predicted molar refractivity (Wildman–Crippen MR) is 118 cm³/mol. The number of aromatic nitrogens is 1. The van der Waals surface area contributed by atoms with Gasteiger partial charge in [-0.05, 0) is 66.0 Å². The van der Waals surface area contributed by atoms with Gasteiger partial charge in [0.25, 0.3) is 6.02 Å². The Bertz CT molecular complexity index is 1010. The van der Waals surface area contributed by atoms with Crippen LogP contribution in [0.25, 0.3) is 11.1 Å². The van der Waals surface area contributed by atoms with Gasteiger partial charge in [-0.15, -0.1) is 0 Å². The summed E-state index contributed by atoms with van der Waals surface area (Å²) in [4.78, 5) is 9.14. The fraction of sp³-hybridized carbons (Fsp3) is 0.478. The lowest BCUT2D eigenvalue weighted by Gasteiger charge is -2.53. The van der Waals surface area contributed by atoms with Crippen LogP contribution in [0.5, 0.6) is 0 Å². The number of ether oxygens (including phenoxy) is 2. The molecule has 1 aliphatic heterocycles. The Kier molecular flexibility index (Phi) is 4.34. The van der Waals surface area contributed by atoms with E-state index in [1.807, 2.05) is 18.3 Å². The van der Waals surface area contributed by atoms with Crippen LogP contribution in [-0.2, 0) is 21.4 Å². The van der Waals surface area contributed by atoms with Crippen LogP contribution in [0.15, 0.2) is 47.7 Å². The highest BCUT2D eigenvalue weighted by Gasteiger charge is 2.68. The van der Waals surface area contributed by atoms with Gasteiger partial charge in [0.1, 0.15) is 21.2 Å². The number of methoxy groups -OCH3 is 1. The van der Waals surface area contributed by atoms with E-state index in [-0.39, 0.29) is 17.5 Å². The number of hydrogen-bond donors (Lipinski definition) is 1. The van der Waals surface area contributed by atoms with Gasteiger partial charge in [-0.25, -0.2) is 4.99 Å². The molecule has 5 nitrogen and oxygen atoms in total. The summed E-state index contributed by atoms with van der Waals surface area (Å²) >= 11 is 0. The summed E-state index contributed by atoms with van der Waals surface area (Å²) in [6.45, 7) is 2.23. The molecule has 2 N–H and O–H groups in total. The molecule has 0 amide bonds. The number of pyridine rings is 1. The number of rotatable bonds is 2. The third-order valence-electron chi connectivity index (χ3n) is 7.47. The quantitative estimate of drug-likeness (QED) is 0.792. The second-order valence-electron chi connectivity index (χ2n) is 9.12. The first kappa shape index (κ1) is 19.7. The molecule has 5 rings (SSSR count). The molecule has 2 spiro atoms. The van der Waals surface area contributed by atoms with E-state index in [4.69, 9.17) is 35.9 Å². The number of hydrogen-bond acceptors (Lipinski definition) is 5. The fourth-order valence-corrected chi connectivity index (χ4v) is 6.28. The first-order chi connectivity index (χ1) is 14.3. The van der Waals surface area contributed by atoms with Crippen molar-refractivity contribution in [2.24, 2.45) is 22.1 Å². The zero-order valence-electron chi connectivity index (χ0n) is 17.5. The molecule has 0 unspecified atom stereocenters. The van der Waals surface area contributed by atoms with Crippen LogP contribution in [0.1, 0.15) is 37.3 Å². The third kappa shape index (κ3) is 2.54. The molecular formula is C23H25B2N3O2. The van der Waals surface area contributed by atoms with Crippen LogP contribution in [-0.4, -0.2) is 45.3 Å². The smallest absolute Gasteiger partial charge is 0.281 e. The average molecular weight is 397 g/mol. The van der Waals surface area contributed by atoms with Gasteiger partial charge in [0.15, 0.2) is 0 Å². The molecule has 1 fully saturated rings. The first-order valence-electron chi connectivity index (χ1n) is 10.5. The van der Waals surface area contributed by atoms with E-state index in [2.05, 4.69) is 30.1 Å². The molecule has 7 heteroatoms. The number of benzene rings is 1. The lowest BCUT2D eigenvalue weighted by molar-refractivity contribution is -0.0559. The van der Waals surface area contributed by atoms with Crippen molar-refractivity contribution in [2.45, 2.75) is 49.6 Å². The van der Waals surface area contributed by atoms with Gasteiger partial charge in [-0.2, -0.15) is 0 Å². The van der Waals surface area contributed by atoms with Gasteiger partial charge in [0, 0.05) is 24.9 Å². The summed E-state index contributed by atoms with van der Waals surface area (Å²) in [6, 6.07) is 10.5. The molecule has 3 aliphatic rings. The van der Waals surface area contributed by atoms with E-state index in [1.165, 1.54) is 5.56 Å². The van der Waals surface area contributed by atoms with Gasteiger partial charge >= 0.3 is 0 Å². The largest absolute Gasteiger partial charge is 0.476 e. The molecule has 2 heterocycles. The highest BCUT2D eigenvalue weighted by atomic mass is 16.5. The summed E-state index contributed by atoms with van der Waals surface area (Å²) in [5, 5.41) is -1.52. The van der Waals surface area contributed by atoms with Crippen molar-refractivity contribution in [3.8, 4) is 11.1 Å². The van der Waals surface area contributed by atoms with Crippen LogP contribution >= 0.6 is 0 Å². The highest BCUT2D eigenvalue weighted by Crippen LogP contribution is 2.65. The molecule has 30 heavy (non-hydrogen) atoms. The predicted octanol–water partition coefficient (Wildman–Crippen LogP) is 2.66. The second-order valence-corrected chi connectivity index (χ2v) is 9.12. The summed E-state index contributed by atoms with van der Waals surface area (Å²) in [6.07, 6.45) is 7.38. The number of fused-ring (bicyclic) bond motifs is 3. The lowest BCUT2D eigenvalue weighted by Crippen LogP contribution is -2.60. The van der Waals surface area contributed by atoms with Crippen molar-refractivity contribution in [1.29, 1.82) is 0 Å². The number of nitrogens with two attached hydrogens (primary N) is 1. The van der Waals surface area contributed by atoms with E-state index in [0.29, 0.717) is 5.92 Å². The summed E-state index contributed by atoms with van der Waals surface area (Å²) < 4.78 is 11.5. The monoisotopic (exact) mass is 397 g/mol. The third-order valence-corrected chi connectivity index (χ3v) is 7.47. The normalized spacial score (nSPS) is 34.0. The molecule has 2 aromatic rings. The standard InChI is InChI=1S/C23H25B2N3O2/c1-14-11-21(8-7-19(14)29-2)12-16-6-5-15(17-4-3-9-27-13-17)10-18(16)22(21)23(24,25)30-20(26)28-22/h3-6,9-10,13-14,19H,7-8,11-12H2,1-2H3,(H2,26,28)/t14-,19-,21-,22-/m0/s1. The molecule has 0 bridgehead atoms. The van der Waals surface area contributed by atoms with Crippen LogP contribution < -0.4 is 5.73 Å². The minimum absolute atomic E-state index is 0.0560. The average Bonchev–Trinajstić information content (AvgIpc) is 3.13. The van der Waals surface area contributed by atoms with Crippen molar-refractivity contribution in [3.05, 3.63) is 53.9 Å². The topological polar surface area (TPSA) is 69.7 Å². The molecule has 1 aromatic heterocycles. The van der Waals surface area contributed by atoms with Crippen LogP contribution in [0.3, 0.4) is 0 Å². The summed E-state index contributed by atoms with van der Waals surface area (Å²) in [5.74, 6) is 0.348. The SMILES string of the molecule is [B]C1([B])OC(N)=N[C@]12c1cc(-c3cccnc3)ccc1C[C@@]21CC[C@H](OC)[C@@H](C)C1. The van der Waals surface area contributed by atoms with E-state index in [0.717, 1.165) is 42.4 Å². The van der Waals surface area contributed by atoms with Crippen molar-refractivity contribution < 1.29 is 9.47 Å². The molecule has 1 aromatic carbocycles. The molecule has 4 atom stereocenters. The Morgan fingerprint density at radius 1 is 1.23 bits per heavy atom. The van der Waals surface area contributed by atoms with Crippen molar-refractivity contribution in [3.63, 3.8) is 0 Å². The van der Waals surface area contributed by atoms with Gasteiger partial charge in [-0.3, -0.25) is 4.98 Å². The Balaban J connectivity index is 1.70. The fourth-order valence-electron chi connectivity index (χ4n) is 6.28. The summed E-state index contributed by atoms with van der Waals surface area (Å²) in [5.41, 5.74) is 9.16. The Morgan fingerprint density at radius 3 is 2.70 bits per heavy atom. The van der Waals surface area contributed by atoms with Crippen molar-refractivity contribution in [2.75, 3.05) is 7.11 Å². The van der Waals surface area contributed by atoms with E-state index < -0.39 is 10.9 Å². The van der Waals surface area contributed by atoms with Gasteiger partial charge in [0.2, 0.25) is 0 Å². The second kappa shape index (κ2) is 6.61. The number of amidine groups is 1. The van der Waals surface area contributed by atoms with Gasteiger partial charge < -0.3 is 15.2 Å². The van der Waals surface area contributed by atoms with Gasteiger partial charge in [-0.1, -0.05) is 25.1 Å². The molecular weight excluding hydrogens is 372 g/mol. The van der Waals surface area contributed by atoms with Crippen molar-refractivity contribution >= 4 is 21.7 Å².